The number of rotatable bonds is 7. The first-order valence-electron chi connectivity index (χ1n) is 6.97. The van der Waals surface area contributed by atoms with Crippen LogP contribution in [-0.4, -0.2) is 45.3 Å². The van der Waals surface area contributed by atoms with Gasteiger partial charge in [0.1, 0.15) is 11.5 Å². The van der Waals surface area contributed by atoms with Gasteiger partial charge in [-0.3, -0.25) is 0 Å². The number of nitrogens with one attached hydrogen (secondary N) is 1. The van der Waals surface area contributed by atoms with Crippen LogP contribution in [0.1, 0.15) is 18.4 Å². The van der Waals surface area contributed by atoms with Gasteiger partial charge in [-0.2, -0.15) is 0 Å². The quantitative estimate of drug-likeness (QED) is 0.763. The van der Waals surface area contributed by atoms with Crippen LogP contribution in [0.25, 0.3) is 0 Å². The predicted molar refractivity (Wildman–Crippen MR) is 76.9 cm³/mol. The van der Waals surface area contributed by atoms with E-state index in [1.165, 1.54) is 25.9 Å². The van der Waals surface area contributed by atoms with Gasteiger partial charge in [0.15, 0.2) is 0 Å². The smallest absolute Gasteiger partial charge is 0.123 e. The standard InChI is InChI=1S/C15H24N2O2/c1-18-14-5-6-15(19-2)13(11-14)12-16-7-10-17-8-3-4-9-17/h5-6,11,16H,3-4,7-10,12H2,1-2H3. The van der Waals surface area contributed by atoms with E-state index >= 15 is 0 Å². The second-order valence-corrected chi connectivity index (χ2v) is 4.90. The molecule has 1 N–H and O–H groups in total. The van der Waals surface area contributed by atoms with Gasteiger partial charge in [0.25, 0.3) is 0 Å². The molecule has 1 saturated heterocycles. The van der Waals surface area contributed by atoms with Crippen molar-refractivity contribution in [1.82, 2.24) is 10.2 Å². The van der Waals surface area contributed by atoms with Gasteiger partial charge in [-0.25, -0.2) is 0 Å². The topological polar surface area (TPSA) is 33.7 Å². The van der Waals surface area contributed by atoms with Gasteiger partial charge in [-0.1, -0.05) is 0 Å². The Labute approximate surface area is 115 Å². The zero-order chi connectivity index (χ0) is 13.5. The molecular formula is C15H24N2O2. The maximum atomic E-state index is 5.37. The summed E-state index contributed by atoms with van der Waals surface area (Å²) in [5.41, 5.74) is 1.14. The van der Waals surface area contributed by atoms with Gasteiger partial charge in [-0.05, 0) is 44.1 Å². The fourth-order valence-corrected chi connectivity index (χ4v) is 2.49. The van der Waals surface area contributed by atoms with E-state index in [1.807, 2.05) is 18.2 Å². The highest BCUT2D eigenvalue weighted by molar-refractivity contribution is 5.40. The molecule has 1 aliphatic rings. The van der Waals surface area contributed by atoms with Gasteiger partial charge >= 0.3 is 0 Å². The molecule has 0 saturated carbocycles. The highest BCUT2D eigenvalue weighted by Gasteiger charge is 2.10. The van der Waals surface area contributed by atoms with E-state index in [0.717, 1.165) is 36.7 Å². The molecule has 0 radical (unpaired) electrons. The van der Waals surface area contributed by atoms with Gasteiger partial charge in [0, 0.05) is 25.2 Å². The molecule has 1 heterocycles. The number of benzene rings is 1. The fraction of sp³-hybridized carbons (Fsp3) is 0.600. The van der Waals surface area contributed by atoms with E-state index in [0.29, 0.717) is 0 Å². The average Bonchev–Trinajstić information content (AvgIpc) is 2.96. The Kier molecular flexibility index (Phi) is 5.48. The van der Waals surface area contributed by atoms with E-state index in [-0.39, 0.29) is 0 Å². The number of hydrogen-bond acceptors (Lipinski definition) is 4. The maximum Gasteiger partial charge on any atom is 0.123 e. The molecule has 1 aromatic rings. The normalized spacial score (nSPS) is 15.7. The molecule has 1 aromatic carbocycles. The molecule has 0 aliphatic carbocycles. The van der Waals surface area contributed by atoms with Crippen molar-refractivity contribution in [3.05, 3.63) is 23.8 Å². The van der Waals surface area contributed by atoms with Gasteiger partial charge in [0.2, 0.25) is 0 Å². The van der Waals surface area contributed by atoms with Crippen LogP contribution in [0.4, 0.5) is 0 Å². The fourth-order valence-electron chi connectivity index (χ4n) is 2.49. The lowest BCUT2D eigenvalue weighted by atomic mass is 10.2. The summed E-state index contributed by atoms with van der Waals surface area (Å²) in [4.78, 5) is 2.51. The largest absolute Gasteiger partial charge is 0.497 e. The summed E-state index contributed by atoms with van der Waals surface area (Å²) < 4.78 is 10.6. The van der Waals surface area contributed by atoms with Crippen molar-refractivity contribution in [2.24, 2.45) is 0 Å². The molecule has 106 valence electrons. The van der Waals surface area contributed by atoms with Gasteiger partial charge < -0.3 is 19.7 Å². The van der Waals surface area contributed by atoms with E-state index in [9.17, 15) is 0 Å². The summed E-state index contributed by atoms with van der Waals surface area (Å²) >= 11 is 0. The molecule has 19 heavy (non-hydrogen) atoms. The molecule has 0 spiro atoms. The lowest BCUT2D eigenvalue weighted by Crippen LogP contribution is -2.29. The number of ether oxygens (including phenoxy) is 2. The molecule has 4 heteroatoms. The highest BCUT2D eigenvalue weighted by atomic mass is 16.5. The Morgan fingerprint density at radius 2 is 1.95 bits per heavy atom. The van der Waals surface area contributed by atoms with Crippen molar-refractivity contribution in [1.29, 1.82) is 0 Å². The summed E-state index contributed by atoms with van der Waals surface area (Å²) in [6.45, 7) is 5.47. The maximum absolute atomic E-state index is 5.37. The van der Waals surface area contributed by atoms with E-state index in [2.05, 4.69) is 10.2 Å². The Morgan fingerprint density at radius 1 is 1.16 bits per heavy atom. The molecule has 4 nitrogen and oxygen atoms in total. The second kappa shape index (κ2) is 7.36. The Morgan fingerprint density at radius 3 is 2.63 bits per heavy atom. The van der Waals surface area contributed by atoms with Crippen molar-refractivity contribution in [2.45, 2.75) is 19.4 Å². The first-order chi connectivity index (χ1) is 9.33. The van der Waals surface area contributed by atoms with Crippen LogP contribution in [0.3, 0.4) is 0 Å². The molecular weight excluding hydrogens is 240 g/mol. The van der Waals surface area contributed by atoms with Crippen LogP contribution in [0.5, 0.6) is 11.5 Å². The van der Waals surface area contributed by atoms with Crippen LogP contribution in [0, 0.1) is 0 Å². The van der Waals surface area contributed by atoms with E-state index < -0.39 is 0 Å². The molecule has 0 amide bonds. The van der Waals surface area contributed by atoms with E-state index in [4.69, 9.17) is 9.47 Å². The Bertz CT molecular complexity index is 390. The second-order valence-electron chi connectivity index (χ2n) is 4.90. The third kappa shape index (κ3) is 4.11. The minimum atomic E-state index is 0.814. The van der Waals surface area contributed by atoms with Crippen molar-refractivity contribution in [3.63, 3.8) is 0 Å². The summed E-state index contributed by atoms with van der Waals surface area (Å²) in [7, 11) is 3.39. The molecule has 0 bridgehead atoms. The summed E-state index contributed by atoms with van der Waals surface area (Å²) in [6.07, 6.45) is 2.70. The van der Waals surface area contributed by atoms with Crippen molar-refractivity contribution in [3.8, 4) is 11.5 Å². The Balaban J connectivity index is 1.80. The van der Waals surface area contributed by atoms with Crippen LogP contribution >= 0.6 is 0 Å². The van der Waals surface area contributed by atoms with Crippen LogP contribution in [-0.2, 0) is 6.54 Å². The predicted octanol–water partition coefficient (Wildman–Crippen LogP) is 1.89. The summed E-state index contributed by atoms with van der Waals surface area (Å²) in [5, 5.41) is 3.48. The number of likely N-dealkylation sites (tertiary alicyclic amines) is 1. The first kappa shape index (κ1) is 14.2. The number of nitrogens with zero attached hydrogens (tertiary/aromatic N) is 1. The average molecular weight is 264 g/mol. The molecule has 1 aliphatic heterocycles. The Hall–Kier alpha value is -1.26. The highest BCUT2D eigenvalue weighted by Crippen LogP contribution is 2.23. The number of hydrogen-bond donors (Lipinski definition) is 1. The molecule has 1 fully saturated rings. The van der Waals surface area contributed by atoms with Gasteiger partial charge in [-0.15, -0.1) is 0 Å². The van der Waals surface area contributed by atoms with Crippen LogP contribution in [0.2, 0.25) is 0 Å². The summed E-state index contributed by atoms with van der Waals surface area (Å²) in [5.74, 6) is 1.78. The van der Waals surface area contributed by atoms with Gasteiger partial charge in [0.05, 0.1) is 14.2 Å². The van der Waals surface area contributed by atoms with Crippen LogP contribution in [0.15, 0.2) is 18.2 Å². The van der Waals surface area contributed by atoms with Crippen LogP contribution < -0.4 is 14.8 Å². The lowest BCUT2D eigenvalue weighted by molar-refractivity contribution is 0.334. The molecule has 0 unspecified atom stereocenters. The van der Waals surface area contributed by atoms with Crippen molar-refractivity contribution >= 4 is 0 Å². The van der Waals surface area contributed by atoms with Crippen molar-refractivity contribution < 1.29 is 9.47 Å². The zero-order valence-electron chi connectivity index (χ0n) is 11.9. The minimum absolute atomic E-state index is 0.814. The third-order valence-corrected chi connectivity index (χ3v) is 3.61. The lowest BCUT2D eigenvalue weighted by Gasteiger charge is -2.15. The third-order valence-electron chi connectivity index (χ3n) is 3.61. The van der Waals surface area contributed by atoms with Crippen molar-refractivity contribution in [2.75, 3.05) is 40.4 Å². The minimum Gasteiger partial charge on any atom is -0.497 e. The number of methoxy groups -OCH3 is 2. The molecule has 2 rings (SSSR count). The first-order valence-corrected chi connectivity index (χ1v) is 6.97. The summed E-state index contributed by atoms with van der Waals surface area (Å²) in [6, 6.07) is 5.91. The molecule has 0 aromatic heterocycles. The zero-order valence-corrected chi connectivity index (χ0v) is 11.9. The SMILES string of the molecule is COc1ccc(OC)c(CNCCN2CCCC2)c1. The monoisotopic (exact) mass is 264 g/mol. The molecule has 0 atom stereocenters. The van der Waals surface area contributed by atoms with E-state index in [1.54, 1.807) is 14.2 Å².